The van der Waals surface area contributed by atoms with E-state index in [1.807, 2.05) is 12.1 Å². The molecule has 0 atom stereocenters. The molecule has 0 unspecified atom stereocenters. The summed E-state index contributed by atoms with van der Waals surface area (Å²) in [5.41, 5.74) is 8.50. The Hall–Kier alpha value is -2.61. The molecule has 0 saturated heterocycles. The van der Waals surface area contributed by atoms with E-state index in [1.165, 1.54) is 11.8 Å². The minimum atomic E-state index is -0.305. The number of rotatable bonds is 4. The highest BCUT2D eigenvalue weighted by Gasteiger charge is 2.29. The van der Waals surface area contributed by atoms with Crippen molar-refractivity contribution in [3.63, 3.8) is 0 Å². The van der Waals surface area contributed by atoms with Crippen LogP contribution >= 0.6 is 11.8 Å². The summed E-state index contributed by atoms with van der Waals surface area (Å²) in [6.45, 7) is 0. The summed E-state index contributed by atoms with van der Waals surface area (Å²) in [6.07, 6.45) is 5.99. The van der Waals surface area contributed by atoms with Crippen molar-refractivity contribution in [2.45, 2.75) is 48.5 Å². The largest absolute Gasteiger partial charge is 0.393 e. The molecular weight excluding hydrogens is 346 g/mol. The fourth-order valence-corrected chi connectivity index (χ4v) is 4.27. The van der Waals surface area contributed by atoms with Crippen molar-refractivity contribution in [1.29, 1.82) is 10.5 Å². The third-order valence-electron chi connectivity index (χ3n) is 4.66. The van der Waals surface area contributed by atoms with Gasteiger partial charge in [-0.25, -0.2) is 4.98 Å². The minimum Gasteiger partial charge on any atom is -0.393 e. The summed E-state index contributed by atoms with van der Waals surface area (Å²) in [5, 5.41) is 29.7. The number of pyridine rings is 2. The highest BCUT2D eigenvalue weighted by molar-refractivity contribution is 7.98. The maximum absolute atomic E-state index is 9.77. The van der Waals surface area contributed by atoms with Gasteiger partial charge in [0.1, 0.15) is 23.0 Å². The molecule has 0 aromatic carbocycles. The number of nitrogens with zero attached hydrogens (tertiary/aromatic N) is 4. The summed E-state index contributed by atoms with van der Waals surface area (Å²) in [6, 6.07) is 8.19. The molecule has 7 heteroatoms. The molecule has 0 aliphatic heterocycles. The Morgan fingerprint density at radius 1 is 1.19 bits per heavy atom. The maximum atomic E-state index is 9.77. The number of nitrogens with two attached hydrogens (primary N) is 1. The lowest BCUT2D eigenvalue weighted by atomic mass is 9.79. The first-order chi connectivity index (χ1) is 12.6. The average Bonchev–Trinajstić information content (AvgIpc) is 2.67. The zero-order chi connectivity index (χ0) is 18.5. The van der Waals surface area contributed by atoms with E-state index in [0.29, 0.717) is 40.3 Å². The van der Waals surface area contributed by atoms with Crippen LogP contribution in [0.15, 0.2) is 29.6 Å². The third-order valence-corrected chi connectivity index (χ3v) is 5.70. The molecule has 2 aromatic rings. The van der Waals surface area contributed by atoms with Crippen LogP contribution in [0.4, 0.5) is 5.82 Å². The van der Waals surface area contributed by atoms with Crippen LogP contribution in [0.1, 0.15) is 53.9 Å². The van der Waals surface area contributed by atoms with Crippen LogP contribution in [-0.4, -0.2) is 21.2 Å². The Morgan fingerprint density at radius 2 is 1.92 bits per heavy atom. The lowest BCUT2D eigenvalue weighted by Crippen LogP contribution is -2.19. The first kappa shape index (κ1) is 18.2. The number of hydrogen-bond acceptors (Lipinski definition) is 7. The van der Waals surface area contributed by atoms with E-state index in [4.69, 9.17) is 5.73 Å². The number of thioether (sulfide) groups is 1. The lowest BCUT2D eigenvalue weighted by Gasteiger charge is -2.27. The second-order valence-electron chi connectivity index (χ2n) is 6.34. The number of aliphatic hydroxyl groups excluding tert-OH is 1. The fraction of sp³-hybridized carbons (Fsp3) is 0.368. The fourth-order valence-electron chi connectivity index (χ4n) is 3.34. The van der Waals surface area contributed by atoms with Gasteiger partial charge in [-0.3, -0.25) is 4.98 Å². The van der Waals surface area contributed by atoms with Crippen LogP contribution in [0, 0.1) is 22.7 Å². The normalized spacial score (nSPS) is 19.5. The third kappa shape index (κ3) is 3.80. The highest BCUT2D eigenvalue weighted by atomic mass is 32.2. The maximum Gasteiger partial charge on any atom is 0.143 e. The van der Waals surface area contributed by atoms with Crippen molar-refractivity contribution in [3.05, 3.63) is 46.8 Å². The molecular formula is C19H19N5OS. The average molecular weight is 365 g/mol. The van der Waals surface area contributed by atoms with Crippen molar-refractivity contribution < 1.29 is 5.11 Å². The van der Waals surface area contributed by atoms with Crippen molar-refractivity contribution >= 4 is 17.6 Å². The smallest absolute Gasteiger partial charge is 0.143 e. The van der Waals surface area contributed by atoms with Crippen molar-refractivity contribution in [1.82, 2.24) is 9.97 Å². The van der Waals surface area contributed by atoms with Gasteiger partial charge in [-0.2, -0.15) is 10.5 Å². The molecule has 26 heavy (non-hydrogen) atoms. The molecule has 132 valence electrons. The Kier molecular flexibility index (Phi) is 5.72. The Bertz CT molecular complexity index is 864. The van der Waals surface area contributed by atoms with Gasteiger partial charge in [0.25, 0.3) is 0 Å². The molecule has 1 fully saturated rings. The molecule has 2 heterocycles. The number of nitriles is 2. The number of nitrogen functional groups attached to an aromatic ring is 1. The lowest BCUT2D eigenvalue weighted by molar-refractivity contribution is 0.122. The van der Waals surface area contributed by atoms with E-state index in [2.05, 4.69) is 22.1 Å². The van der Waals surface area contributed by atoms with Crippen LogP contribution < -0.4 is 5.73 Å². The van der Waals surface area contributed by atoms with Crippen molar-refractivity contribution in [2.24, 2.45) is 0 Å². The molecule has 6 nitrogen and oxygen atoms in total. The van der Waals surface area contributed by atoms with Crippen LogP contribution in [0.3, 0.4) is 0 Å². The van der Waals surface area contributed by atoms with Gasteiger partial charge in [0.15, 0.2) is 0 Å². The standard InChI is InChI=1S/C19H19N5OS/c20-8-15-17(13-3-5-14(25)6-4-13)16(9-21)19(24-18(15)22)26-11-12-2-1-7-23-10-12/h1-2,7,10,13-14,25H,3-6,11H2,(H2,22,24)/t13-,14+. The summed E-state index contributed by atoms with van der Waals surface area (Å²) in [5.74, 6) is 0.830. The second-order valence-corrected chi connectivity index (χ2v) is 7.31. The van der Waals surface area contributed by atoms with Gasteiger partial charge in [-0.1, -0.05) is 6.07 Å². The van der Waals surface area contributed by atoms with E-state index in [1.54, 1.807) is 12.4 Å². The summed E-state index contributed by atoms with van der Waals surface area (Å²) in [7, 11) is 0. The topological polar surface area (TPSA) is 120 Å². The Labute approximate surface area is 156 Å². The summed E-state index contributed by atoms with van der Waals surface area (Å²) < 4.78 is 0. The van der Waals surface area contributed by atoms with Gasteiger partial charge < -0.3 is 10.8 Å². The molecule has 2 aromatic heterocycles. The van der Waals surface area contributed by atoms with Crippen LogP contribution in [0.5, 0.6) is 0 Å². The van der Waals surface area contributed by atoms with E-state index in [0.717, 1.165) is 18.4 Å². The monoisotopic (exact) mass is 365 g/mol. The first-order valence-corrected chi connectivity index (χ1v) is 9.46. The molecule has 1 saturated carbocycles. The van der Waals surface area contributed by atoms with E-state index < -0.39 is 0 Å². The van der Waals surface area contributed by atoms with Gasteiger partial charge in [0, 0.05) is 18.1 Å². The molecule has 0 amide bonds. The quantitative estimate of drug-likeness (QED) is 0.799. The van der Waals surface area contributed by atoms with Crippen LogP contribution in [-0.2, 0) is 5.75 Å². The van der Waals surface area contributed by atoms with E-state index >= 15 is 0 Å². The van der Waals surface area contributed by atoms with Crippen molar-refractivity contribution in [2.75, 3.05) is 5.73 Å². The zero-order valence-electron chi connectivity index (χ0n) is 14.2. The molecule has 0 spiro atoms. The van der Waals surface area contributed by atoms with Crippen molar-refractivity contribution in [3.8, 4) is 12.1 Å². The number of hydrogen-bond donors (Lipinski definition) is 2. The highest BCUT2D eigenvalue weighted by Crippen LogP contribution is 2.40. The molecule has 0 radical (unpaired) electrons. The number of anilines is 1. The Balaban J connectivity index is 1.98. The Morgan fingerprint density at radius 3 is 2.54 bits per heavy atom. The summed E-state index contributed by atoms with van der Waals surface area (Å²) in [4.78, 5) is 8.42. The van der Waals surface area contributed by atoms with Gasteiger partial charge >= 0.3 is 0 Å². The predicted molar refractivity (Wildman–Crippen MR) is 99.1 cm³/mol. The molecule has 1 aliphatic rings. The minimum absolute atomic E-state index is 0.0470. The number of aromatic nitrogens is 2. The molecule has 1 aliphatic carbocycles. The predicted octanol–water partition coefficient (Wildman–Crippen LogP) is 3.11. The SMILES string of the molecule is N#Cc1c(N)nc(SCc2cccnc2)c(C#N)c1[C@H]1CC[C@@H](O)CC1. The van der Waals surface area contributed by atoms with E-state index in [9.17, 15) is 15.6 Å². The van der Waals surface area contributed by atoms with E-state index in [-0.39, 0.29) is 17.8 Å². The molecule has 0 bridgehead atoms. The van der Waals surface area contributed by atoms with Gasteiger partial charge in [0.05, 0.1) is 17.2 Å². The number of aliphatic hydroxyl groups is 1. The summed E-state index contributed by atoms with van der Waals surface area (Å²) >= 11 is 1.42. The first-order valence-electron chi connectivity index (χ1n) is 8.47. The zero-order valence-corrected chi connectivity index (χ0v) is 15.0. The molecule has 3 rings (SSSR count). The van der Waals surface area contributed by atoms with Gasteiger partial charge in [0.2, 0.25) is 0 Å². The van der Waals surface area contributed by atoms with Gasteiger partial charge in [-0.05, 0) is 48.8 Å². The van der Waals surface area contributed by atoms with Crippen LogP contribution in [0.25, 0.3) is 0 Å². The second kappa shape index (κ2) is 8.18. The van der Waals surface area contributed by atoms with Crippen LogP contribution in [0.2, 0.25) is 0 Å². The van der Waals surface area contributed by atoms with Gasteiger partial charge in [-0.15, -0.1) is 11.8 Å². The molecule has 3 N–H and O–H groups in total.